The third kappa shape index (κ3) is 5.08. The summed E-state index contributed by atoms with van der Waals surface area (Å²) in [4.78, 5) is 42.1. The summed E-state index contributed by atoms with van der Waals surface area (Å²) in [7, 11) is 1.62. The summed E-state index contributed by atoms with van der Waals surface area (Å²) in [6.45, 7) is 5.53. The number of esters is 1. The Kier molecular flexibility index (Phi) is 7.07. The molecule has 0 N–H and O–H groups in total. The van der Waals surface area contributed by atoms with E-state index in [9.17, 15) is 19.7 Å². The number of benzene rings is 2. The third-order valence-corrected chi connectivity index (χ3v) is 6.67. The van der Waals surface area contributed by atoms with Gasteiger partial charge in [-0.3, -0.25) is 19.8 Å². The van der Waals surface area contributed by atoms with Gasteiger partial charge in [-0.25, -0.2) is 9.79 Å². The lowest BCUT2D eigenvalue weighted by Crippen LogP contribution is -2.23. The molecule has 1 aromatic heterocycles. The van der Waals surface area contributed by atoms with Gasteiger partial charge in [-0.15, -0.1) is 0 Å². The minimum absolute atomic E-state index is 0.0253. The number of amidine groups is 1. The Hall–Kier alpha value is -4.18. The van der Waals surface area contributed by atoms with Gasteiger partial charge in [0.1, 0.15) is 11.5 Å². The van der Waals surface area contributed by atoms with E-state index in [1.54, 1.807) is 63.4 Å². The van der Waals surface area contributed by atoms with Gasteiger partial charge in [0.25, 0.3) is 11.6 Å². The standard InChI is InChI=1S/C26H23N3O6S/c1-5-34-25(31)17-7-6-8-19(12-17)27-26-28(4)24(30)23(36-26)14-20-9-10-22(35-20)18-11-15(2)16(3)21(13-18)29(32)33/h6-14H,5H2,1-4H3. The first kappa shape index (κ1) is 24.9. The van der Waals surface area contributed by atoms with E-state index in [-0.39, 0.29) is 18.2 Å². The predicted molar refractivity (Wildman–Crippen MR) is 138 cm³/mol. The summed E-state index contributed by atoms with van der Waals surface area (Å²) < 4.78 is 10.9. The summed E-state index contributed by atoms with van der Waals surface area (Å²) in [6, 6.07) is 13.4. The highest BCUT2D eigenvalue weighted by atomic mass is 32.2. The van der Waals surface area contributed by atoms with E-state index >= 15 is 0 Å². The summed E-state index contributed by atoms with van der Waals surface area (Å²) in [5, 5.41) is 11.8. The second-order valence-corrected chi connectivity index (χ2v) is 9.05. The number of hydrogen-bond acceptors (Lipinski definition) is 8. The van der Waals surface area contributed by atoms with E-state index in [1.165, 1.54) is 22.7 Å². The first-order chi connectivity index (χ1) is 17.2. The Bertz CT molecular complexity index is 1440. The van der Waals surface area contributed by atoms with Crippen LogP contribution in [0, 0.1) is 24.0 Å². The monoisotopic (exact) mass is 505 g/mol. The number of amides is 1. The van der Waals surface area contributed by atoms with Crippen LogP contribution in [0.5, 0.6) is 0 Å². The molecule has 10 heteroatoms. The number of thioether (sulfide) groups is 1. The van der Waals surface area contributed by atoms with Gasteiger partial charge in [0, 0.05) is 30.3 Å². The molecule has 2 heterocycles. The lowest BCUT2D eigenvalue weighted by atomic mass is 10.0. The topological polar surface area (TPSA) is 115 Å². The first-order valence-corrected chi connectivity index (χ1v) is 11.9. The van der Waals surface area contributed by atoms with Crippen molar-refractivity contribution in [3.63, 3.8) is 0 Å². The number of furan rings is 1. The molecule has 0 unspecified atom stereocenters. The number of ether oxygens (including phenoxy) is 1. The summed E-state index contributed by atoms with van der Waals surface area (Å²) >= 11 is 1.18. The minimum atomic E-state index is -0.439. The summed E-state index contributed by atoms with van der Waals surface area (Å²) in [5.74, 6) is 0.202. The quantitative estimate of drug-likeness (QED) is 0.178. The van der Waals surface area contributed by atoms with Crippen molar-refractivity contribution in [2.75, 3.05) is 13.7 Å². The van der Waals surface area contributed by atoms with E-state index < -0.39 is 10.9 Å². The van der Waals surface area contributed by atoms with Crippen LogP contribution in [-0.2, 0) is 9.53 Å². The molecule has 4 rings (SSSR count). The van der Waals surface area contributed by atoms with Crippen molar-refractivity contribution >= 4 is 46.3 Å². The minimum Gasteiger partial charge on any atom is -0.462 e. The van der Waals surface area contributed by atoms with Gasteiger partial charge in [-0.05, 0) is 74.5 Å². The van der Waals surface area contributed by atoms with E-state index in [0.29, 0.717) is 44.0 Å². The van der Waals surface area contributed by atoms with Gasteiger partial charge in [-0.1, -0.05) is 6.07 Å². The molecule has 3 aromatic rings. The lowest BCUT2D eigenvalue weighted by molar-refractivity contribution is -0.385. The van der Waals surface area contributed by atoms with Gasteiger partial charge in [-0.2, -0.15) is 0 Å². The molecule has 1 aliphatic heterocycles. The SMILES string of the molecule is CCOC(=O)c1cccc(N=C2SC(=Cc3ccc(-c4cc(C)c(C)c([N+](=O)[O-])c4)o3)C(=O)N2C)c1. The second-order valence-electron chi connectivity index (χ2n) is 8.04. The smallest absolute Gasteiger partial charge is 0.338 e. The third-order valence-electron chi connectivity index (χ3n) is 5.61. The van der Waals surface area contributed by atoms with Crippen LogP contribution in [0.2, 0.25) is 0 Å². The zero-order valence-corrected chi connectivity index (χ0v) is 20.9. The van der Waals surface area contributed by atoms with Crippen LogP contribution in [0.15, 0.2) is 62.8 Å². The van der Waals surface area contributed by atoms with Crippen molar-refractivity contribution in [3.05, 3.63) is 86.0 Å². The Labute approximate surface area is 211 Å². The number of aliphatic imine (C=N–C) groups is 1. The molecule has 1 amide bonds. The fourth-order valence-electron chi connectivity index (χ4n) is 3.57. The molecule has 184 valence electrons. The number of rotatable bonds is 6. The van der Waals surface area contributed by atoms with Crippen LogP contribution in [0.3, 0.4) is 0 Å². The van der Waals surface area contributed by atoms with Crippen LogP contribution in [0.25, 0.3) is 17.4 Å². The van der Waals surface area contributed by atoms with Crippen molar-refractivity contribution in [1.82, 2.24) is 4.90 Å². The number of hydrogen-bond donors (Lipinski definition) is 0. The average Bonchev–Trinajstić information content (AvgIpc) is 3.41. The lowest BCUT2D eigenvalue weighted by Gasteiger charge is -2.07. The van der Waals surface area contributed by atoms with Crippen molar-refractivity contribution in [2.45, 2.75) is 20.8 Å². The number of nitrogens with zero attached hydrogens (tertiary/aromatic N) is 3. The van der Waals surface area contributed by atoms with Gasteiger partial charge in [0.2, 0.25) is 0 Å². The second kappa shape index (κ2) is 10.2. The molecule has 0 spiro atoms. The number of nitro benzene ring substituents is 1. The highest BCUT2D eigenvalue weighted by molar-refractivity contribution is 8.18. The van der Waals surface area contributed by atoms with E-state index in [0.717, 1.165) is 5.56 Å². The van der Waals surface area contributed by atoms with Gasteiger partial charge < -0.3 is 9.15 Å². The zero-order chi connectivity index (χ0) is 26.0. The van der Waals surface area contributed by atoms with Crippen molar-refractivity contribution in [2.24, 2.45) is 4.99 Å². The Balaban J connectivity index is 1.59. The largest absolute Gasteiger partial charge is 0.462 e. The Morgan fingerprint density at radius 2 is 2.00 bits per heavy atom. The predicted octanol–water partition coefficient (Wildman–Crippen LogP) is 5.88. The molecule has 0 bridgehead atoms. The highest BCUT2D eigenvalue weighted by Crippen LogP contribution is 2.35. The maximum Gasteiger partial charge on any atom is 0.338 e. The maximum absolute atomic E-state index is 12.8. The summed E-state index contributed by atoms with van der Waals surface area (Å²) in [5.41, 5.74) is 2.89. The van der Waals surface area contributed by atoms with Crippen LogP contribution in [0.1, 0.15) is 34.2 Å². The molecule has 0 saturated carbocycles. The summed E-state index contributed by atoms with van der Waals surface area (Å²) in [6.07, 6.45) is 1.61. The van der Waals surface area contributed by atoms with Crippen LogP contribution < -0.4 is 0 Å². The number of aryl methyl sites for hydroxylation is 1. The normalized spacial score (nSPS) is 15.7. The molecule has 0 radical (unpaired) electrons. The number of nitro groups is 1. The molecule has 0 atom stereocenters. The zero-order valence-electron chi connectivity index (χ0n) is 20.1. The molecule has 1 fully saturated rings. The number of likely N-dealkylation sites (N-methyl/N-ethyl adjacent to an activating group) is 1. The molecular weight excluding hydrogens is 482 g/mol. The van der Waals surface area contributed by atoms with Crippen LogP contribution >= 0.6 is 11.8 Å². The van der Waals surface area contributed by atoms with Crippen molar-refractivity contribution in [1.29, 1.82) is 0 Å². The van der Waals surface area contributed by atoms with E-state index in [1.807, 2.05) is 13.0 Å². The first-order valence-electron chi connectivity index (χ1n) is 11.1. The molecular formula is C26H23N3O6S. The fraction of sp³-hybridized carbons (Fsp3) is 0.192. The van der Waals surface area contributed by atoms with Crippen LogP contribution in [0.4, 0.5) is 11.4 Å². The number of carbonyl (C=O) groups is 2. The van der Waals surface area contributed by atoms with Crippen molar-refractivity contribution < 1.29 is 23.7 Å². The van der Waals surface area contributed by atoms with Crippen LogP contribution in [-0.4, -0.2) is 40.5 Å². The maximum atomic E-state index is 12.8. The number of carbonyl (C=O) groups excluding carboxylic acids is 2. The van der Waals surface area contributed by atoms with E-state index in [2.05, 4.69) is 4.99 Å². The van der Waals surface area contributed by atoms with Gasteiger partial charge in [0.15, 0.2) is 5.17 Å². The molecule has 0 aliphatic carbocycles. The molecule has 36 heavy (non-hydrogen) atoms. The Morgan fingerprint density at radius 3 is 2.72 bits per heavy atom. The molecule has 9 nitrogen and oxygen atoms in total. The van der Waals surface area contributed by atoms with E-state index in [4.69, 9.17) is 9.15 Å². The van der Waals surface area contributed by atoms with Crippen molar-refractivity contribution in [3.8, 4) is 11.3 Å². The molecule has 1 aliphatic rings. The molecule has 2 aromatic carbocycles. The fourth-order valence-corrected chi connectivity index (χ4v) is 4.53. The highest BCUT2D eigenvalue weighted by Gasteiger charge is 2.31. The Morgan fingerprint density at radius 1 is 1.22 bits per heavy atom. The molecule has 1 saturated heterocycles. The van der Waals surface area contributed by atoms with Gasteiger partial charge >= 0.3 is 5.97 Å². The average molecular weight is 506 g/mol. The van der Waals surface area contributed by atoms with Gasteiger partial charge in [0.05, 0.1) is 27.7 Å².